The van der Waals surface area contributed by atoms with Crippen LogP contribution in [0.15, 0.2) is 41.0 Å². The number of ether oxygens (including phenoxy) is 1. The zero-order valence-corrected chi connectivity index (χ0v) is 20.9. The minimum absolute atomic E-state index is 0.0169. The lowest BCUT2D eigenvalue weighted by Crippen LogP contribution is -2.31. The molecule has 2 aromatic heterocycles. The van der Waals surface area contributed by atoms with E-state index in [2.05, 4.69) is 36.8 Å². The van der Waals surface area contributed by atoms with Crippen LogP contribution in [0.5, 0.6) is 5.88 Å². The Morgan fingerprint density at radius 2 is 2.03 bits per heavy atom. The summed E-state index contributed by atoms with van der Waals surface area (Å²) in [6, 6.07) is 7.77. The van der Waals surface area contributed by atoms with Crippen molar-refractivity contribution in [2.24, 2.45) is 0 Å². The first kappa shape index (κ1) is 23.8. The van der Waals surface area contributed by atoms with Crippen molar-refractivity contribution in [3.63, 3.8) is 0 Å². The molecule has 2 N–H and O–H groups in total. The molecule has 172 valence electrons. The number of carbonyl (C=O) groups is 2. The van der Waals surface area contributed by atoms with E-state index in [0.29, 0.717) is 14.5 Å². The number of aromatic nitrogens is 3. The van der Waals surface area contributed by atoms with Gasteiger partial charge in [-0.05, 0) is 40.2 Å². The summed E-state index contributed by atoms with van der Waals surface area (Å²) in [6.07, 6.45) is 1.56. The van der Waals surface area contributed by atoms with Crippen LogP contribution in [0.4, 0.5) is 5.69 Å². The van der Waals surface area contributed by atoms with E-state index in [4.69, 9.17) is 32.8 Å². The van der Waals surface area contributed by atoms with E-state index in [1.54, 1.807) is 30.0 Å². The molecule has 0 unspecified atom stereocenters. The number of thioether (sulfide) groups is 1. The van der Waals surface area contributed by atoms with E-state index in [1.807, 2.05) is 0 Å². The normalized spacial score (nSPS) is 13.3. The summed E-state index contributed by atoms with van der Waals surface area (Å²) in [5, 5.41) is 7.72. The summed E-state index contributed by atoms with van der Waals surface area (Å²) < 4.78 is 7.56. The number of nitrogens with one attached hydrogen (secondary N) is 2. The Labute approximate surface area is 211 Å². The van der Waals surface area contributed by atoms with Crippen LogP contribution in [0.2, 0.25) is 10.0 Å². The monoisotopic (exact) mass is 571 g/mol. The number of pyridine rings is 1. The largest absolute Gasteiger partial charge is 0.472 e. The number of halogens is 3. The van der Waals surface area contributed by atoms with E-state index in [-0.39, 0.29) is 34.7 Å². The molecule has 1 saturated heterocycles. The average Bonchev–Trinajstić information content (AvgIpc) is 3.17. The Bertz CT molecular complexity index is 1220. The molecule has 4 rings (SSSR count). The van der Waals surface area contributed by atoms with Gasteiger partial charge in [-0.25, -0.2) is 15.1 Å². The predicted octanol–water partition coefficient (Wildman–Crippen LogP) is 4.37. The summed E-state index contributed by atoms with van der Waals surface area (Å²) >= 11 is 17.5. The molecule has 3 heterocycles. The number of benzene rings is 1. The van der Waals surface area contributed by atoms with E-state index in [9.17, 15) is 9.59 Å². The Balaban J connectivity index is 1.73. The second-order valence-corrected chi connectivity index (χ2v) is 9.54. The smallest absolute Gasteiger partial charge is 0.277 e. The summed E-state index contributed by atoms with van der Waals surface area (Å²) in [4.78, 5) is 34.8. The van der Waals surface area contributed by atoms with Gasteiger partial charge in [0.05, 0.1) is 23.4 Å². The lowest BCUT2D eigenvalue weighted by Gasteiger charge is -2.24. The maximum Gasteiger partial charge on any atom is 0.277 e. The SMILES string of the molecule is CONC(=O)c1cc(Cl)cc(Br)c1NC(=O)c1cc(OC2CSC2)nn1-c1ncccc1Cl. The molecule has 3 aromatic rings. The minimum atomic E-state index is -0.594. The van der Waals surface area contributed by atoms with Crippen LogP contribution in [0.1, 0.15) is 20.8 Å². The van der Waals surface area contributed by atoms with Crippen molar-refractivity contribution in [1.82, 2.24) is 20.2 Å². The molecule has 0 atom stereocenters. The zero-order chi connectivity index (χ0) is 23.5. The van der Waals surface area contributed by atoms with Crippen molar-refractivity contribution < 1.29 is 19.2 Å². The van der Waals surface area contributed by atoms with Crippen molar-refractivity contribution in [3.05, 3.63) is 62.3 Å². The fourth-order valence-electron chi connectivity index (χ4n) is 2.93. The topological polar surface area (TPSA) is 107 Å². The molecule has 0 spiro atoms. The van der Waals surface area contributed by atoms with Gasteiger partial charge in [0.15, 0.2) is 5.82 Å². The third-order valence-electron chi connectivity index (χ3n) is 4.49. The first-order chi connectivity index (χ1) is 15.9. The highest BCUT2D eigenvalue weighted by Crippen LogP contribution is 2.32. The number of hydroxylamine groups is 1. The number of rotatable bonds is 7. The van der Waals surface area contributed by atoms with Gasteiger partial charge >= 0.3 is 0 Å². The number of amides is 2. The summed E-state index contributed by atoms with van der Waals surface area (Å²) in [6.45, 7) is 0. The Morgan fingerprint density at radius 3 is 2.70 bits per heavy atom. The first-order valence-electron chi connectivity index (χ1n) is 9.46. The van der Waals surface area contributed by atoms with E-state index < -0.39 is 11.8 Å². The van der Waals surface area contributed by atoms with Gasteiger partial charge in [-0.1, -0.05) is 23.2 Å². The van der Waals surface area contributed by atoms with Gasteiger partial charge in [0.2, 0.25) is 5.88 Å². The van der Waals surface area contributed by atoms with Gasteiger partial charge in [-0.2, -0.15) is 11.8 Å². The molecule has 1 aromatic carbocycles. The number of carbonyl (C=O) groups excluding carboxylic acids is 2. The van der Waals surface area contributed by atoms with Gasteiger partial charge < -0.3 is 10.1 Å². The van der Waals surface area contributed by atoms with Crippen LogP contribution in [0.25, 0.3) is 5.82 Å². The van der Waals surface area contributed by atoms with Gasteiger partial charge in [0.1, 0.15) is 11.8 Å². The molecule has 0 radical (unpaired) electrons. The highest BCUT2D eigenvalue weighted by Gasteiger charge is 2.26. The Hall–Kier alpha value is -2.31. The summed E-state index contributed by atoms with van der Waals surface area (Å²) in [5.41, 5.74) is 2.61. The number of hydrogen-bond donors (Lipinski definition) is 2. The summed E-state index contributed by atoms with van der Waals surface area (Å²) in [5.74, 6) is 1.04. The fourth-order valence-corrected chi connectivity index (χ4v) is 4.61. The van der Waals surface area contributed by atoms with E-state index in [0.717, 1.165) is 11.5 Å². The van der Waals surface area contributed by atoms with Gasteiger partial charge in [0, 0.05) is 33.3 Å². The molecule has 13 heteroatoms. The Kier molecular flexibility index (Phi) is 7.45. The molecule has 1 aliphatic rings. The first-order valence-corrected chi connectivity index (χ1v) is 12.2. The number of hydrogen-bond acceptors (Lipinski definition) is 7. The van der Waals surface area contributed by atoms with Crippen LogP contribution >= 0.6 is 50.9 Å². The zero-order valence-electron chi connectivity index (χ0n) is 17.0. The maximum atomic E-state index is 13.4. The van der Waals surface area contributed by atoms with E-state index in [1.165, 1.54) is 30.1 Å². The van der Waals surface area contributed by atoms with Crippen LogP contribution in [0, 0.1) is 0 Å². The van der Waals surface area contributed by atoms with Crippen molar-refractivity contribution in [3.8, 4) is 11.7 Å². The van der Waals surface area contributed by atoms with E-state index >= 15 is 0 Å². The minimum Gasteiger partial charge on any atom is -0.472 e. The molecule has 2 amide bonds. The van der Waals surface area contributed by atoms with Gasteiger partial charge in [0.25, 0.3) is 11.8 Å². The van der Waals surface area contributed by atoms with Crippen LogP contribution in [-0.2, 0) is 4.84 Å². The molecule has 1 aliphatic heterocycles. The quantitative estimate of drug-likeness (QED) is 0.405. The lowest BCUT2D eigenvalue weighted by atomic mass is 10.1. The van der Waals surface area contributed by atoms with Gasteiger partial charge in [-0.3, -0.25) is 14.4 Å². The van der Waals surface area contributed by atoms with Crippen molar-refractivity contribution in [1.29, 1.82) is 0 Å². The van der Waals surface area contributed by atoms with Crippen molar-refractivity contribution in [2.75, 3.05) is 23.9 Å². The molecular weight excluding hydrogens is 557 g/mol. The lowest BCUT2D eigenvalue weighted by molar-refractivity contribution is 0.0538. The molecular formula is C20H16BrCl2N5O4S. The third kappa shape index (κ3) is 5.28. The number of nitrogens with zero attached hydrogens (tertiary/aromatic N) is 3. The second-order valence-electron chi connectivity index (χ2n) is 6.77. The van der Waals surface area contributed by atoms with Crippen LogP contribution in [0.3, 0.4) is 0 Å². The standard InChI is InChI=1S/C20H16BrCl2N5O4S/c1-31-27-19(29)12-5-10(22)6-13(21)17(12)25-20(30)15-7-16(32-11-8-33-9-11)26-28(15)18-14(23)3-2-4-24-18/h2-7,11H,8-9H2,1H3,(H,25,30)(H,27,29). The molecule has 0 bridgehead atoms. The molecule has 33 heavy (non-hydrogen) atoms. The predicted molar refractivity (Wildman–Crippen MR) is 130 cm³/mol. The van der Waals surface area contributed by atoms with Crippen LogP contribution in [-0.4, -0.2) is 51.3 Å². The third-order valence-corrected chi connectivity index (χ3v) is 6.84. The average molecular weight is 573 g/mol. The molecule has 0 saturated carbocycles. The highest BCUT2D eigenvalue weighted by atomic mass is 79.9. The highest BCUT2D eigenvalue weighted by molar-refractivity contribution is 9.10. The van der Waals surface area contributed by atoms with Crippen molar-refractivity contribution >= 4 is 68.4 Å². The number of anilines is 1. The molecule has 0 aliphatic carbocycles. The van der Waals surface area contributed by atoms with Gasteiger partial charge in [-0.15, -0.1) is 5.10 Å². The van der Waals surface area contributed by atoms with Crippen molar-refractivity contribution in [2.45, 2.75) is 6.10 Å². The second kappa shape index (κ2) is 10.3. The maximum absolute atomic E-state index is 13.4. The molecule has 1 fully saturated rings. The Morgan fingerprint density at radius 1 is 1.24 bits per heavy atom. The fraction of sp³-hybridized carbons (Fsp3) is 0.200. The van der Waals surface area contributed by atoms with Crippen LogP contribution < -0.4 is 15.5 Å². The molecule has 9 nitrogen and oxygen atoms in total. The summed E-state index contributed by atoms with van der Waals surface area (Å²) in [7, 11) is 1.30.